The van der Waals surface area contributed by atoms with E-state index in [1.54, 1.807) is 12.1 Å². The van der Waals surface area contributed by atoms with Gasteiger partial charge in [-0.1, -0.05) is 11.6 Å². The predicted molar refractivity (Wildman–Crippen MR) is 46.0 cm³/mol. The molecule has 12 heavy (non-hydrogen) atoms. The normalized spacial score (nSPS) is 8.83. The minimum Gasteiger partial charge on any atom is -1.00 e. The second-order valence-corrected chi connectivity index (χ2v) is 2.53. The summed E-state index contributed by atoms with van der Waals surface area (Å²) in [5.74, 6) is 0.805. The molecule has 0 fully saturated rings. The highest BCUT2D eigenvalue weighted by molar-refractivity contribution is 6.30. The Morgan fingerprint density at radius 1 is 1.25 bits per heavy atom. The summed E-state index contributed by atoms with van der Waals surface area (Å²) in [5, 5.41) is 0.713. The lowest BCUT2D eigenvalue weighted by Crippen LogP contribution is -3.00. The maximum atomic E-state index is 5.67. The molecule has 0 amide bonds. The molecule has 0 aliphatic heterocycles. The molecule has 2 nitrogen and oxygen atoms in total. The van der Waals surface area contributed by atoms with Crippen molar-refractivity contribution in [3.05, 3.63) is 29.3 Å². The van der Waals surface area contributed by atoms with Crippen molar-refractivity contribution in [1.29, 1.82) is 0 Å². The summed E-state index contributed by atoms with van der Waals surface area (Å²) < 4.78 is 5.23. The molecule has 1 aromatic carbocycles. The van der Waals surface area contributed by atoms with E-state index in [9.17, 15) is 0 Å². The number of benzene rings is 1. The lowest BCUT2D eigenvalue weighted by atomic mass is 10.3. The molecule has 0 unspecified atom stereocenters. The van der Waals surface area contributed by atoms with E-state index >= 15 is 0 Å². The van der Waals surface area contributed by atoms with E-state index in [0.29, 0.717) is 18.2 Å². The summed E-state index contributed by atoms with van der Waals surface area (Å²) >= 11 is 5.67. The quantitative estimate of drug-likeness (QED) is 0.667. The molecule has 1 aromatic rings. The molecule has 0 atom stereocenters. The Bertz CT molecular complexity index is 213. The average Bonchev–Trinajstić information content (AvgIpc) is 2.04. The third-order valence-electron chi connectivity index (χ3n) is 1.20. The van der Waals surface area contributed by atoms with Crippen LogP contribution in [0.2, 0.25) is 5.02 Å². The van der Waals surface area contributed by atoms with Crippen molar-refractivity contribution < 1.29 is 17.1 Å². The van der Waals surface area contributed by atoms with Gasteiger partial charge in [-0.15, -0.1) is 0 Å². The first-order chi connectivity index (χ1) is 5.33. The summed E-state index contributed by atoms with van der Waals surface area (Å²) in [6, 6.07) is 7.21. The van der Waals surface area contributed by atoms with Crippen LogP contribution in [0.5, 0.6) is 5.75 Å². The molecule has 0 saturated heterocycles. The fourth-order valence-electron chi connectivity index (χ4n) is 0.708. The molecule has 0 aliphatic rings. The lowest BCUT2D eigenvalue weighted by molar-refractivity contribution is -0.00000266. The van der Waals surface area contributed by atoms with Gasteiger partial charge < -0.3 is 22.9 Å². The van der Waals surface area contributed by atoms with Crippen LogP contribution in [0, 0.1) is 0 Å². The number of rotatable bonds is 3. The molecule has 1 rings (SSSR count). The van der Waals surface area contributed by atoms with E-state index in [-0.39, 0.29) is 12.4 Å². The molecular weight excluding hydrogens is 197 g/mol. The van der Waals surface area contributed by atoms with Crippen molar-refractivity contribution >= 4 is 11.6 Å². The minimum atomic E-state index is 0. The maximum Gasteiger partial charge on any atom is 0.119 e. The fraction of sp³-hybridized carbons (Fsp3) is 0.250. The zero-order chi connectivity index (χ0) is 8.10. The molecule has 0 bridgehead atoms. The number of halogens is 2. The van der Waals surface area contributed by atoms with Gasteiger partial charge in [0.05, 0.1) is 0 Å². The van der Waals surface area contributed by atoms with Crippen molar-refractivity contribution in [2.45, 2.75) is 0 Å². The standard InChI is InChI=1S/C8H10ClNO.ClH/c9-7-1-3-8(4-2-7)11-6-5-10;/h1-4H,5-6,10H2;1H/p-1. The van der Waals surface area contributed by atoms with Gasteiger partial charge >= 0.3 is 0 Å². The van der Waals surface area contributed by atoms with E-state index in [4.69, 9.17) is 22.1 Å². The van der Waals surface area contributed by atoms with Crippen LogP contribution in [-0.2, 0) is 0 Å². The SMILES string of the molecule is NCCOc1ccc(Cl)cc1.[Cl-]. The topological polar surface area (TPSA) is 35.2 Å². The van der Waals surface area contributed by atoms with Crippen LogP contribution in [0.25, 0.3) is 0 Å². The molecule has 0 radical (unpaired) electrons. The monoisotopic (exact) mass is 206 g/mol. The second-order valence-electron chi connectivity index (χ2n) is 2.09. The van der Waals surface area contributed by atoms with Gasteiger partial charge in [0.15, 0.2) is 0 Å². The van der Waals surface area contributed by atoms with Gasteiger partial charge in [-0.05, 0) is 24.3 Å². The Morgan fingerprint density at radius 2 is 1.83 bits per heavy atom. The molecule has 68 valence electrons. The lowest BCUT2D eigenvalue weighted by Gasteiger charge is -2.02. The van der Waals surface area contributed by atoms with E-state index in [1.807, 2.05) is 12.1 Å². The second kappa shape index (κ2) is 6.12. The Labute approximate surface area is 83.1 Å². The van der Waals surface area contributed by atoms with Gasteiger partial charge in [-0.25, -0.2) is 0 Å². The highest BCUT2D eigenvalue weighted by Crippen LogP contribution is 2.14. The molecule has 4 heteroatoms. The van der Waals surface area contributed by atoms with E-state index in [0.717, 1.165) is 5.75 Å². The Morgan fingerprint density at radius 3 is 2.33 bits per heavy atom. The fourth-order valence-corrected chi connectivity index (χ4v) is 0.834. The minimum absolute atomic E-state index is 0. The summed E-state index contributed by atoms with van der Waals surface area (Å²) in [6.45, 7) is 1.07. The van der Waals surface area contributed by atoms with Crippen LogP contribution >= 0.6 is 11.6 Å². The zero-order valence-corrected chi connectivity index (χ0v) is 7.98. The van der Waals surface area contributed by atoms with Gasteiger partial charge in [-0.3, -0.25) is 0 Å². The highest BCUT2D eigenvalue weighted by Gasteiger charge is 1.90. The van der Waals surface area contributed by atoms with Crippen LogP contribution in [-0.4, -0.2) is 13.2 Å². The number of nitrogens with two attached hydrogens (primary N) is 1. The van der Waals surface area contributed by atoms with Crippen LogP contribution in [0.3, 0.4) is 0 Å². The summed E-state index contributed by atoms with van der Waals surface area (Å²) in [6.07, 6.45) is 0. The van der Waals surface area contributed by atoms with E-state index in [2.05, 4.69) is 0 Å². The molecule has 0 heterocycles. The van der Waals surface area contributed by atoms with Gasteiger partial charge in [0, 0.05) is 11.6 Å². The Balaban J connectivity index is 0.00000121. The van der Waals surface area contributed by atoms with Crippen LogP contribution in [0.4, 0.5) is 0 Å². The first kappa shape index (κ1) is 11.6. The zero-order valence-electron chi connectivity index (χ0n) is 6.47. The number of hydrogen-bond donors (Lipinski definition) is 1. The summed E-state index contributed by atoms with van der Waals surface area (Å²) in [5.41, 5.74) is 5.26. The largest absolute Gasteiger partial charge is 1.00 e. The Kier molecular flexibility index (Phi) is 5.89. The first-order valence-electron chi connectivity index (χ1n) is 3.41. The molecule has 0 aromatic heterocycles. The van der Waals surface area contributed by atoms with Crippen molar-refractivity contribution in [1.82, 2.24) is 0 Å². The Hall–Kier alpha value is -0.440. The van der Waals surface area contributed by atoms with Gasteiger partial charge in [-0.2, -0.15) is 0 Å². The van der Waals surface area contributed by atoms with Crippen molar-refractivity contribution in [3.8, 4) is 5.75 Å². The first-order valence-corrected chi connectivity index (χ1v) is 3.79. The van der Waals surface area contributed by atoms with Gasteiger partial charge in [0.1, 0.15) is 12.4 Å². The van der Waals surface area contributed by atoms with Crippen molar-refractivity contribution in [2.75, 3.05) is 13.2 Å². The van der Waals surface area contributed by atoms with Crippen LogP contribution in [0.15, 0.2) is 24.3 Å². The van der Waals surface area contributed by atoms with Crippen molar-refractivity contribution in [3.63, 3.8) is 0 Å². The third-order valence-corrected chi connectivity index (χ3v) is 1.45. The third kappa shape index (κ3) is 3.81. The predicted octanol–water partition coefficient (Wildman–Crippen LogP) is -1.32. The van der Waals surface area contributed by atoms with Crippen LogP contribution < -0.4 is 22.9 Å². The molecular formula is C8H10Cl2NO-. The molecule has 0 saturated carbocycles. The molecule has 0 spiro atoms. The average molecular weight is 207 g/mol. The van der Waals surface area contributed by atoms with Gasteiger partial charge in [0.2, 0.25) is 0 Å². The summed E-state index contributed by atoms with van der Waals surface area (Å²) in [7, 11) is 0. The maximum absolute atomic E-state index is 5.67. The van der Waals surface area contributed by atoms with E-state index < -0.39 is 0 Å². The summed E-state index contributed by atoms with van der Waals surface area (Å²) in [4.78, 5) is 0. The van der Waals surface area contributed by atoms with E-state index in [1.165, 1.54) is 0 Å². The molecule has 2 N–H and O–H groups in total. The number of ether oxygens (including phenoxy) is 1. The van der Waals surface area contributed by atoms with Gasteiger partial charge in [0.25, 0.3) is 0 Å². The molecule has 0 aliphatic carbocycles. The van der Waals surface area contributed by atoms with Crippen molar-refractivity contribution in [2.24, 2.45) is 5.73 Å². The smallest absolute Gasteiger partial charge is 0.119 e. The number of hydrogen-bond acceptors (Lipinski definition) is 2. The van der Waals surface area contributed by atoms with Crippen LogP contribution in [0.1, 0.15) is 0 Å². The highest BCUT2D eigenvalue weighted by atomic mass is 35.5.